The number of rotatable bonds is 7. The van der Waals surface area contributed by atoms with Crippen molar-refractivity contribution in [3.63, 3.8) is 0 Å². The normalized spacial score (nSPS) is 16.4. The highest BCUT2D eigenvalue weighted by atomic mass is 32.2. The third-order valence-corrected chi connectivity index (χ3v) is 7.73. The largest absolute Gasteiger partial charge is 0.497 e. The summed E-state index contributed by atoms with van der Waals surface area (Å²) in [5.74, 6) is 0.142. The van der Waals surface area contributed by atoms with Crippen LogP contribution >= 0.6 is 0 Å². The Morgan fingerprint density at radius 3 is 2.28 bits per heavy atom. The Hall–Kier alpha value is -2.91. The third-order valence-electron chi connectivity index (χ3n) is 5.68. The minimum absolute atomic E-state index is 0.125. The summed E-state index contributed by atoms with van der Waals surface area (Å²) in [6.07, 6.45) is 1.29. The molecule has 0 radical (unpaired) electrons. The highest BCUT2D eigenvalue weighted by molar-refractivity contribution is 7.89. The first kappa shape index (κ1) is 23.7. The summed E-state index contributed by atoms with van der Waals surface area (Å²) in [6.45, 7) is 4.05. The van der Waals surface area contributed by atoms with Crippen molar-refractivity contribution in [3.05, 3.63) is 54.1 Å². The molecule has 0 spiro atoms. The lowest BCUT2D eigenvalue weighted by Crippen LogP contribution is -2.43. The molecule has 0 saturated carbocycles. The fraction of sp³-hybridized carbons (Fsp3) is 0.391. The van der Waals surface area contributed by atoms with Crippen LogP contribution in [0.3, 0.4) is 0 Å². The lowest BCUT2D eigenvalue weighted by atomic mass is 10.1. The average Bonchev–Trinajstić information content (AvgIpc) is 3.28. The molecule has 9 heteroatoms. The molecule has 0 aromatic heterocycles. The minimum Gasteiger partial charge on any atom is -0.497 e. The van der Waals surface area contributed by atoms with E-state index in [1.807, 2.05) is 0 Å². The van der Waals surface area contributed by atoms with Gasteiger partial charge in [-0.25, -0.2) is 8.42 Å². The molecule has 1 aliphatic rings. The third kappa shape index (κ3) is 4.94. The van der Waals surface area contributed by atoms with Gasteiger partial charge in [0.25, 0.3) is 5.91 Å². The van der Waals surface area contributed by atoms with Crippen molar-refractivity contribution in [3.8, 4) is 5.75 Å². The van der Waals surface area contributed by atoms with Gasteiger partial charge in [0, 0.05) is 30.9 Å². The van der Waals surface area contributed by atoms with Crippen LogP contribution < -0.4 is 10.1 Å². The fourth-order valence-corrected chi connectivity index (χ4v) is 4.93. The summed E-state index contributed by atoms with van der Waals surface area (Å²) >= 11 is 0. The summed E-state index contributed by atoms with van der Waals surface area (Å²) in [6, 6.07) is 12.1. The first-order valence-electron chi connectivity index (χ1n) is 10.5. The van der Waals surface area contributed by atoms with Crippen LogP contribution in [-0.2, 0) is 14.8 Å². The number of carbonyl (C=O) groups excluding carboxylic acids is 2. The van der Waals surface area contributed by atoms with Gasteiger partial charge < -0.3 is 15.0 Å². The van der Waals surface area contributed by atoms with E-state index in [0.717, 1.165) is 6.42 Å². The first-order valence-corrected chi connectivity index (χ1v) is 11.9. The molecule has 2 aromatic carbocycles. The Morgan fingerprint density at radius 2 is 1.72 bits per heavy atom. The number of hydrogen-bond acceptors (Lipinski definition) is 5. The molecule has 0 aliphatic carbocycles. The number of carbonyl (C=O) groups is 2. The molecule has 1 fully saturated rings. The van der Waals surface area contributed by atoms with E-state index in [2.05, 4.69) is 5.32 Å². The van der Waals surface area contributed by atoms with Crippen molar-refractivity contribution >= 4 is 27.5 Å². The van der Waals surface area contributed by atoms with Gasteiger partial charge in [0.05, 0.1) is 12.0 Å². The molecule has 8 nitrogen and oxygen atoms in total. The Kier molecular flexibility index (Phi) is 7.20. The van der Waals surface area contributed by atoms with E-state index in [-0.39, 0.29) is 22.8 Å². The smallest absolute Gasteiger partial charge is 0.254 e. The van der Waals surface area contributed by atoms with Gasteiger partial charge in [-0.1, -0.05) is 0 Å². The Balaban J connectivity index is 1.72. The fourth-order valence-electron chi connectivity index (χ4n) is 3.56. The van der Waals surface area contributed by atoms with Gasteiger partial charge in [0.1, 0.15) is 11.8 Å². The van der Waals surface area contributed by atoms with Crippen LogP contribution in [0.1, 0.15) is 37.0 Å². The Bertz CT molecular complexity index is 1070. The molecule has 2 aromatic rings. The topological polar surface area (TPSA) is 96.0 Å². The molecule has 0 bridgehead atoms. The maximum Gasteiger partial charge on any atom is 0.254 e. The molecule has 2 amide bonds. The molecule has 1 atom stereocenters. The van der Waals surface area contributed by atoms with Crippen LogP contribution in [-0.4, -0.2) is 62.2 Å². The molecule has 32 heavy (non-hydrogen) atoms. The van der Waals surface area contributed by atoms with Crippen LogP contribution in [0.4, 0.5) is 5.69 Å². The van der Waals surface area contributed by atoms with E-state index in [0.29, 0.717) is 30.0 Å². The highest BCUT2D eigenvalue weighted by Crippen LogP contribution is 2.24. The van der Waals surface area contributed by atoms with Gasteiger partial charge in [0.15, 0.2) is 0 Å². The lowest BCUT2D eigenvalue weighted by molar-refractivity contribution is -0.119. The van der Waals surface area contributed by atoms with Gasteiger partial charge in [-0.2, -0.15) is 4.31 Å². The molecule has 1 aliphatic heterocycles. The number of likely N-dealkylation sites (tertiary alicyclic amines) is 1. The maximum atomic E-state index is 13.1. The molecular formula is C23H29N3O5S. The Morgan fingerprint density at radius 1 is 1.09 bits per heavy atom. The van der Waals surface area contributed by atoms with Gasteiger partial charge >= 0.3 is 0 Å². The molecular weight excluding hydrogens is 430 g/mol. The van der Waals surface area contributed by atoms with Crippen molar-refractivity contribution in [1.29, 1.82) is 0 Å². The van der Waals surface area contributed by atoms with Crippen molar-refractivity contribution in [2.45, 2.75) is 43.7 Å². The molecule has 1 unspecified atom stereocenters. The van der Waals surface area contributed by atoms with Crippen LogP contribution in [0.25, 0.3) is 0 Å². The minimum atomic E-state index is -3.63. The average molecular weight is 460 g/mol. The zero-order chi connectivity index (χ0) is 23.5. The van der Waals surface area contributed by atoms with E-state index in [9.17, 15) is 18.0 Å². The zero-order valence-corrected chi connectivity index (χ0v) is 19.6. The monoisotopic (exact) mass is 459 g/mol. The van der Waals surface area contributed by atoms with Gasteiger partial charge in [0.2, 0.25) is 15.9 Å². The first-order chi connectivity index (χ1) is 15.1. The van der Waals surface area contributed by atoms with Crippen molar-refractivity contribution in [2.75, 3.05) is 26.0 Å². The SMILES string of the molecule is COc1ccc(NC(=O)C2CCCN2C(=O)c2ccc(S(=O)(=O)N(C)C(C)C)cc2)cc1. The van der Waals surface area contributed by atoms with Crippen LogP contribution in [0.15, 0.2) is 53.4 Å². The summed E-state index contributed by atoms with van der Waals surface area (Å²) in [5.41, 5.74) is 0.972. The maximum absolute atomic E-state index is 13.1. The highest BCUT2D eigenvalue weighted by Gasteiger charge is 2.35. The second kappa shape index (κ2) is 9.70. The summed E-state index contributed by atoms with van der Waals surface area (Å²) in [5, 5.41) is 2.85. The number of methoxy groups -OCH3 is 1. The molecule has 3 rings (SSSR count). The quantitative estimate of drug-likeness (QED) is 0.687. The number of anilines is 1. The summed E-state index contributed by atoms with van der Waals surface area (Å²) < 4.78 is 31.7. The number of benzene rings is 2. The van der Waals surface area contributed by atoms with Crippen LogP contribution in [0.2, 0.25) is 0 Å². The van der Waals surface area contributed by atoms with Crippen molar-refractivity contribution < 1.29 is 22.7 Å². The standard InChI is InChI=1S/C23H29N3O5S/c1-16(2)25(3)32(29,30)20-13-7-17(8-14-20)23(28)26-15-5-6-21(26)22(27)24-18-9-11-19(31-4)12-10-18/h7-14,16,21H,5-6,15H2,1-4H3,(H,24,27). The van der Waals surface area contributed by atoms with Crippen LogP contribution in [0.5, 0.6) is 5.75 Å². The summed E-state index contributed by atoms with van der Waals surface area (Å²) in [4.78, 5) is 27.6. The van der Waals surface area contributed by atoms with E-state index >= 15 is 0 Å². The van der Waals surface area contributed by atoms with E-state index in [1.54, 1.807) is 50.1 Å². The van der Waals surface area contributed by atoms with E-state index < -0.39 is 16.1 Å². The number of ether oxygens (including phenoxy) is 1. The summed E-state index contributed by atoms with van der Waals surface area (Å²) in [7, 11) is -0.536. The molecule has 172 valence electrons. The van der Waals surface area contributed by atoms with Gasteiger partial charge in [-0.3, -0.25) is 9.59 Å². The second-order valence-electron chi connectivity index (χ2n) is 8.01. The predicted molar refractivity (Wildman–Crippen MR) is 122 cm³/mol. The second-order valence-corrected chi connectivity index (χ2v) is 10.0. The molecule has 1 heterocycles. The zero-order valence-electron chi connectivity index (χ0n) is 18.7. The number of nitrogens with one attached hydrogen (secondary N) is 1. The Labute approximate surface area is 189 Å². The van der Waals surface area contributed by atoms with Crippen LogP contribution in [0, 0.1) is 0 Å². The lowest BCUT2D eigenvalue weighted by Gasteiger charge is -2.24. The number of sulfonamides is 1. The molecule has 1 N–H and O–H groups in total. The number of hydrogen-bond donors (Lipinski definition) is 1. The van der Waals surface area contributed by atoms with Gasteiger partial charge in [-0.15, -0.1) is 0 Å². The van der Waals surface area contributed by atoms with E-state index in [4.69, 9.17) is 4.74 Å². The van der Waals surface area contributed by atoms with Crippen molar-refractivity contribution in [1.82, 2.24) is 9.21 Å². The predicted octanol–water partition coefficient (Wildman–Crippen LogP) is 2.97. The molecule has 1 saturated heterocycles. The van der Waals surface area contributed by atoms with Gasteiger partial charge in [-0.05, 0) is 75.2 Å². The number of nitrogens with zero attached hydrogens (tertiary/aromatic N) is 2. The van der Waals surface area contributed by atoms with E-state index in [1.165, 1.54) is 35.6 Å². The number of amides is 2. The van der Waals surface area contributed by atoms with Crippen molar-refractivity contribution in [2.24, 2.45) is 0 Å².